The maximum Gasteiger partial charge on any atom is 0.164 e. The number of rotatable bonds is 7. The van der Waals surface area contributed by atoms with E-state index in [4.69, 9.17) is 15.0 Å². The average Bonchev–Trinajstić information content (AvgIpc) is 3.24. The summed E-state index contributed by atoms with van der Waals surface area (Å²) < 4.78 is 0. The van der Waals surface area contributed by atoms with E-state index in [1.165, 1.54) is 27.5 Å². The van der Waals surface area contributed by atoms with Crippen molar-refractivity contribution >= 4 is 10.8 Å². The first-order valence-corrected chi connectivity index (χ1v) is 17.5. The van der Waals surface area contributed by atoms with Crippen LogP contribution in [0, 0.1) is 0 Å². The fourth-order valence-electron chi connectivity index (χ4n) is 6.85. The normalized spacial score (nSPS) is 11.1. The van der Waals surface area contributed by atoms with E-state index in [9.17, 15) is 0 Å². The monoisotopic (exact) mass is 663 g/mol. The zero-order chi connectivity index (χ0) is 34.7. The second-order valence-corrected chi connectivity index (χ2v) is 12.9. The molecule has 9 aromatic rings. The van der Waals surface area contributed by atoms with Gasteiger partial charge in [-0.2, -0.15) is 0 Å². The summed E-state index contributed by atoms with van der Waals surface area (Å²) >= 11 is 0. The van der Waals surface area contributed by atoms with Crippen molar-refractivity contribution in [1.82, 2.24) is 15.0 Å². The highest BCUT2D eigenvalue weighted by Crippen LogP contribution is 2.38. The molecule has 0 amide bonds. The third kappa shape index (κ3) is 6.28. The Morgan fingerprint density at radius 1 is 0.212 bits per heavy atom. The van der Waals surface area contributed by atoms with Gasteiger partial charge in [0.2, 0.25) is 0 Å². The van der Waals surface area contributed by atoms with Crippen LogP contribution in [-0.4, -0.2) is 15.0 Å². The maximum atomic E-state index is 5.11. The first kappa shape index (κ1) is 31.0. The first-order chi connectivity index (χ1) is 25.7. The predicted molar refractivity (Wildman–Crippen MR) is 215 cm³/mol. The fourth-order valence-corrected chi connectivity index (χ4v) is 6.85. The summed E-state index contributed by atoms with van der Waals surface area (Å²) in [6.45, 7) is 0. The van der Waals surface area contributed by atoms with E-state index in [0.29, 0.717) is 17.5 Å². The van der Waals surface area contributed by atoms with Crippen molar-refractivity contribution in [2.45, 2.75) is 0 Å². The van der Waals surface area contributed by atoms with E-state index in [2.05, 4.69) is 164 Å². The summed E-state index contributed by atoms with van der Waals surface area (Å²) in [6, 6.07) is 70.1. The lowest BCUT2D eigenvalue weighted by molar-refractivity contribution is 1.07. The number of fused-ring (bicyclic) bond motifs is 1. The Morgan fingerprint density at radius 3 is 1.33 bits per heavy atom. The van der Waals surface area contributed by atoms with Gasteiger partial charge in [-0.15, -0.1) is 0 Å². The SMILES string of the molecule is c1ccc(-c2cccc(-c3nc(-c4ccccc4)nc(-c4cccc(-c5ccc(-c6ccc7ccccc7c6)cc5-c5ccccc5)c4)n3)c2)cc1. The second-order valence-electron chi connectivity index (χ2n) is 12.9. The molecule has 8 aromatic carbocycles. The molecule has 0 fully saturated rings. The molecule has 0 spiro atoms. The molecule has 0 aliphatic carbocycles. The van der Waals surface area contributed by atoms with Crippen LogP contribution in [0.4, 0.5) is 0 Å². The highest BCUT2D eigenvalue weighted by atomic mass is 15.0. The largest absolute Gasteiger partial charge is 0.208 e. The molecular weight excluding hydrogens is 631 g/mol. The van der Waals surface area contributed by atoms with Gasteiger partial charge in [-0.3, -0.25) is 0 Å². The first-order valence-electron chi connectivity index (χ1n) is 17.5. The van der Waals surface area contributed by atoms with E-state index < -0.39 is 0 Å². The molecule has 0 saturated heterocycles. The quantitative estimate of drug-likeness (QED) is 0.170. The van der Waals surface area contributed by atoms with E-state index in [0.717, 1.165) is 44.5 Å². The minimum Gasteiger partial charge on any atom is -0.208 e. The molecule has 244 valence electrons. The van der Waals surface area contributed by atoms with Gasteiger partial charge < -0.3 is 0 Å². The summed E-state index contributed by atoms with van der Waals surface area (Å²) in [5.74, 6) is 1.91. The van der Waals surface area contributed by atoms with Gasteiger partial charge in [0.1, 0.15) is 0 Å². The smallest absolute Gasteiger partial charge is 0.164 e. The molecule has 0 aliphatic heterocycles. The van der Waals surface area contributed by atoms with E-state index in [1.807, 2.05) is 36.4 Å². The predicted octanol–water partition coefficient (Wildman–Crippen LogP) is 12.7. The van der Waals surface area contributed by atoms with Gasteiger partial charge in [-0.25, -0.2) is 15.0 Å². The maximum absolute atomic E-state index is 5.11. The van der Waals surface area contributed by atoms with Crippen molar-refractivity contribution in [2.24, 2.45) is 0 Å². The zero-order valence-electron chi connectivity index (χ0n) is 28.4. The van der Waals surface area contributed by atoms with Gasteiger partial charge in [-0.05, 0) is 79.5 Å². The molecule has 0 unspecified atom stereocenters. The molecule has 0 N–H and O–H groups in total. The van der Waals surface area contributed by atoms with Crippen LogP contribution >= 0.6 is 0 Å². The number of nitrogens with zero attached hydrogens (tertiary/aromatic N) is 3. The Bertz CT molecular complexity index is 2670. The van der Waals surface area contributed by atoms with Crippen LogP contribution in [0.3, 0.4) is 0 Å². The molecule has 0 bridgehead atoms. The topological polar surface area (TPSA) is 38.7 Å². The number of hydrogen-bond acceptors (Lipinski definition) is 3. The van der Waals surface area contributed by atoms with Gasteiger partial charge in [0, 0.05) is 16.7 Å². The standard InChI is InChI=1S/C49H33N3/c1-4-14-34(15-5-1)39-22-12-24-43(31-39)48-50-47(37-19-8-3-9-20-37)51-49(52-48)44-25-13-23-42(32-44)45-29-28-41(33-46(45)36-17-6-2-7-18-36)40-27-26-35-16-10-11-21-38(35)30-40/h1-33H. The minimum atomic E-state index is 0.630. The number of benzene rings is 8. The van der Waals surface area contributed by atoms with Gasteiger partial charge in [0.05, 0.1) is 0 Å². The molecule has 1 heterocycles. The summed E-state index contributed by atoms with van der Waals surface area (Å²) in [6.07, 6.45) is 0. The van der Waals surface area contributed by atoms with Crippen LogP contribution in [0.25, 0.3) is 89.4 Å². The Labute approximate surface area is 303 Å². The Morgan fingerprint density at radius 2 is 0.654 bits per heavy atom. The molecule has 0 aliphatic rings. The fraction of sp³-hybridized carbons (Fsp3) is 0. The minimum absolute atomic E-state index is 0.630. The third-order valence-corrected chi connectivity index (χ3v) is 9.51. The van der Waals surface area contributed by atoms with Crippen molar-refractivity contribution in [3.05, 3.63) is 200 Å². The Kier molecular flexibility index (Phi) is 8.20. The molecular formula is C49H33N3. The molecule has 1 aromatic heterocycles. The van der Waals surface area contributed by atoms with E-state index in [1.54, 1.807) is 0 Å². The van der Waals surface area contributed by atoms with Crippen LogP contribution in [0.5, 0.6) is 0 Å². The Hall–Kier alpha value is -6.97. The third-order valence-electron chi connectivity index (χ3n) is 9.51. The lowest BCUT2D eigenvalue weighted by Crippen LogP contribution is -2.00. The van der Waals surface area contributed by atoms with Gasteiger partial charge in [0.15, 0.2) is 17.5 Å². The number of aromatic nitrogens is 3. The van der Waals surface area contributed by atoms with Gasteiger partial charge in [-0.1, -0.05) is 176 Å². The van der Waals surface area contributed by atoms with Gasteiger partial charge in [0.25, 0.3) is 0 Å². The average molecular weight is 664 g/mol. The van der Waals surface area contributed by atoms with Crippen LogP contribution in [0.2, 0.25) is 0 Å². The molecule has 3 nitrogen and oxygen atoms in total. The molecule has 52 heavy (non-hydrogen) atoms. The van der Waals surface area contributed by atoms with Crippen molar-refractivity contribution in [2.75, 3.05) is 0 Å². The summed E-state index contributed by atoms with van der Waals surface area (Å²) in [5.41, 5.74) is 12.0. The Balaban J connectivity index is 1.16. The van der Waals surface area contributed by atoms with Crippen LogP contribution in [0.15, 0.2) is 200 Å². The molecule has 9 rings (SSSR count). The highest BCUT2D eigenvalue weighted by Gasteiger charge is 2.16. The van der Waals surface area contributed by atoms with E-state index >= 15 is 0 Å². The van der Waals surface area contributed by atoms with Crippen LogP contribution < -0.4 is 0 Å². The molecule has 0 saturated carbocycles. The lowest BCUT2D eigenvalue weighted by Gasteiger charge is -2.15. The van der Waals surface area contributed by atoms with E-state index in [-0.39, 0.29) is 0 Å². The zero-order valence-corrected chi connectivity index (χ0v) is 28.4. The number of hydrogen-bond donors (Lipinski definition) is 0. The summed E-state index contributed by atoms with van der Waals surface area (Å²) in [5, 5.41) is 2.47. The summed E-state index contributed by atoms with van der Waals surface area (Å²) in [7, 11) is 0. The van der Waals surface area contributed by atoms with Crippen molar-refractivity contribution in [3.63, 3.8) is 0 Å². The van der Waals surface area contributed by atoms with Crippen molar-refractivity contribution < 1.29 is 0 Å². The van der Waals surface area contributed by atoms with Gasteiger partial charge >= 0.3 is 0 Å². The van der Waals surface area contributed by atoms with Crippen molar-refractivity contribution in [3.8, 4) is 78.7 Å². The molecule has 3 heteroatoms. The second kappa shape index (κ2) is 13.7. The molecule has 0 radical (unpaired) electrons. The lowest BCUT2D eigenvalue weighted by atomic mass is 9.90. The summed E-state index contributed by atoms with van der Waals surface area (Å²) in [4.78, 5) is 15.2. The van der Waals surface area contributed by atoms with Crippen LogP contribution in [0.1, 0.15) is 0 Å². The van der Waals surface area contributed by atoms with Crippen LogP contribution in [-0.2, 0) is 0 Å². The van der Waals surface area contributed by atoms with Crippen molar-refractivity contribution in [1.29, 1.82) is 0 Å². The molecule has 0 atom stereocenters. The highest BCUT2D eigenvalue weighted by molar-refractivity contribution is 5.91.